The predicted molar refractivity (Wildman–Crippen MR) is 82.8 cm³/mol. The van der Waals surface area contributed by atoms with Crippen LogP contribution in [0.2, 0.25) is 0 Å². The highest BCUT2D eigenvalue weighted by Crippen LogP contribution is 2.18. The molecule has 0 unspecified atom stereocenters. The van der Waals surface area contributed by atoms with Crippen molar-refractivity contribution in [2.75, 3.05) is 32.7 Å². The summed E-state index contributed by atoms with van der Waals surface area (Å²) in [6.45, 7) is 5.78. The second kappa shape index (κ2) is 7.20. The Bertz CT molecular complexity index is 459. The fourth-order valence-corrected chi connectivity index (χ4v) is 2.82. The summed E-state index contributed by atoms with van der Waals surface area (Å²) in [7, 11) is 0. The second-order valence-corrected chi connectivity index (χ2v) is 5.99. The van der Waals surface area contributed by atoms with E-state index in [1.807, 2.05) is 36.1 Å². The maximum atomic E-state index is 12.4. The first-order chi connectivity index (χ1) is 9.61. The van der Waals surface area contributed by atoms with E-state index in [1.54, 1.807) is 0 Å². The highest BCUT2D eigenvalue weighted by Gasteiger charge is 2.23. The Labute approximate surface area is 128 Å². The van der Waals surface area contributed by atoms with E-state index in [4.69, 9.17) is 0 Å². The number of piperazine rings is 1. The highest BCUT2D eigenvalue weighted by atomic mass is 79.9. The number of aliphatic hydroxyl groups excluding tert-OH is 1. The summed E-state index contributed by atoms with van der Waals surface area (Å²) in [4.78, 5) is 16.5. The normalized spacial score (nSPS) is 18.1. The quantitative estimate of drug-likeness (QED) is 0.911. The Morgan fingerprint density at radius 3 is 2.55 bits per heavy atom. The van der Waals surface area contributed by atoms with Crippen molar-refractivity contribution in [2.24, 2.45) is 0 Å². The van der Waals surface area contributed by atoms with E-state index in [-0.39, 0.29) is 12.0 Å². The summed E-state index contributed by atoms with van der Waals surface area (Å²) in [5, 5.41) is 9.67. The lowest BCUT2D eigenvalue weighted by molar-refractivity contribution is 0.0523. The van der Waals surface area contributed by atoms with E-state index in [9.17, 15) is 9.90 Å². The van der Waals surface area contributed by atoms with Crippen LogP contribution in [0.1, 0.15) is 23.7 Å². The molecule has 0 aliphatic carbocycles. The van der Waals surface area contributed by atoms with Gasteiger partial charge in [0.25, 0.3) is 5.91 Å². The molecule has 0 aromatic heterocycles. The number of nitrogens with zero attached hydrogens (tertiary/aromatic N) is 2. The Balaban J connectivity index is 1.91. The molecule has 1 atom stereocenters. The van der Waals surface area contributed by atoms with Crippen LogP contribution in [0.15, 0.2) is 28.7 Å². The average molecular weight is 341 g/mol. The highest BCUT2D eigenvalue weighted by molar-refractivity contribution is 9.10. The van der Waals surface area contributed by atoms with Gasteiger partial charge in [-0.1, -0.05) is 19.1 Å². The zero-order valence-corrected chi connectivity index (χ0v) is 13.3. The van der Waals surface area contributed by atoms with Crippen LogP contribution in [0.3, 0.4) is 0 Å². The zero-order valence-electron chi connectivity index (χ0n) is 11.8. The lowest BCUT2D eigenvalue weighted by Gasteiger charge is -2.35. The number of hydrogen-bond acceptors (Lipinski definition) is 3. The lowest BCUT2D eigenvalue weighted by Crippen LogP contribution is -2.50. The number of rotatable bonds is 4. The van der Waals surface area contributed by atoms with Crippen molar-refractivity contribution < 1.29 is 9.90 Å². The van der Waals surface area contributed by atoms with Gasteiger partial charge in [0.1, 0.15) is 0 Å². The molecular formula is C15H21BrN2O2. The third-order valence-corrected chi connectivity index (χ3v) is 4.40. The smallest absolute Gasteiger partial charge is 0.255 e. The van der Waals surface area contributed by atoms with Crippen LogP contribution in [-0.4, -0.2) is 59.6 Å². The average Bonchev–Trinajstić information content (AvgIpc) is 2.47. The van der Waals surface area contributed by atoms with Gasteiger partial charge in [0.15, 0.2) is 0 Å². The molecule has 1 N–H and O–H groups in total. The second-order valence-electron chi connectivity index (χ2n) is 5.13. The summed E-state index contributed by atoms with van der Waals surface area (Å²) in [5.74, 6) is 0.0770. The molecule has 110 valence electrons. The summed E-state index contributed by atoms with van der Waals surface area (Å²) >= 11 is 3.43. The van der Waals surface area contributed by atoms with E-state index >= 15 is 0 Å². The van der Waals surface area contributed by atoms with Gasteiger partial charge in [-0.25, -0.2) is 0 Å². The zero-order chi connectivity index (χ0) is 14.5. The van der Waals surface area contributed by atoms with E-state index in [0.29, 0.717) is 6.54 Å². The van der Waals surface area contributed by atoms with Crippen LogP contribution < -0.4 is 0 Å². The Morgan fingerprint density at radius 1 is 1.30 bits per heavy atom. The number of benzene rings is 1. The molecule has 20 heavy (non-hydrogen) atoms. The summed E-state index contributed by atoms with van der Waals surface area (Å²) < 4.78 is 0.842. The molecule has 0 radical (unpaired) electrons. The fourth-order valence-electron chi connectivity index (χ4n) is 2.37. The number of carbonyl (C=O) groups is 1. The molecule has 0 saturated carbocycles. The van der Waals surface area contributed by atoms with Crippen LogP contribution in [0, 0.1) is 0 Å². The molecule has 2 rings (SSSR count). The minimum absolute atomic E-state index is 0.0770. The molecule has 1 fully saturated rings. The van der Waals surface area contributed by atoms with Crippen LogP contribution in [0.25, 0.3) is 0 Å². The summed E-state index contributed by atoms with van der Waals surface area (Å²) in [6.07, 6.45) is 0.511. The van der Waals surface area contributed by atoms with Crippen molar-refractivity contribution in [1.29, 1.82) is 0 Å². The van der Waals surface area contributed by atoms with Crippen molar-refractivity contribution in [3.63, 3.8) is 0 Å². The predicted octanol–water partition coefficient (Wildman–Crippen LogP) is 1.98. The van der Waals surface area contributed by atoms with Crippen LogP contribution in [0.4, 0.5) is 0 Å². The third-order valence-electron chi connectivity index (χ3n) is 3.70. The molecule has 1 heterocycles. The van der Waals surface area contributed by atoms with Crippen LogP contribution in [0.5, 0.6) is 0 Å². The topological polar surface area (TPSA) is 43.8 Å². The molecule has 1 aromatic rings. The molecule has 1 aliphatic rings. The fraction of sp³-hybridized carbons (Fsp3) is 0.533. The first-order valence-electron chi connectivity index (χ1n) is 7.06. The molecule has 5 heteroatoms. The van der Waals surface area contributed by atoms with Crippen LogP contribution >= 0.6 is 15.9 Å². The number of carbonyl (C=O) groups excluding carboxylic acids is 1. The molecule has 4 nitrogen and oxygen atoms in total. The van der Waals surface area contributed by atoms with Gasteiger partial charge in [0.05, 0.1) is 11.7 Å². The maximum absolute atomic E-state index is 12.4. The Hall–Kier alpha value is -0.910. The van der Waals surface area contributed by atoms with Crippen molar-refractivity contribution in [3.05, 3.63) is 34.3 Å². The van der Waals surface area contributed by atoms with Gasteiger partial charge >= 0.3 is 0 Å². The van der Waals surface area contributed by atoms with Crippen molar-refractivity contribution in [1.82, 2.24) is 9.80 Å². The van der Waals surface area contributed by atoms with E-state index in [2.05, 4.69) is 20.8 Å². The van der Waals surface area contributed by atoms with Crippen molar-refractivity contribution in [3.8, 4) is 0 Å². The molecular weight excluding hydrogens is 320 g/mol. The largest absolute Gasteiger partial charge is 0.392 e. The Kier molecular flexibility index (Phi) is 5.57. The summed E-state index contributed by atoms with van der Waals surface area (Å²) in [6, 6.07) is 7.53. The number of halogens is 1. The lowest BCUT2D eigenvalue weighted by atomic mass is 10.1. The van der Waals surface area contributed by atoms with E-state index < -0.39 is 0 Å². The first kappa shape index (κ1) is 15.5. The van der Waals surface area contributed by atoms with Gasteiger partial charge in [0.2, 0.25) is 0 Å². The monoisotopic (exact) mass is 340 g/mol. The minimum Gasteiger partial charge on any atom is -0.392 e. The van der Waals surface area contributed by atoms with Crippen LogP contribution in [-0.2, 0) is 0 Å². The van der Waals surface area contributed by atoms with Crippen molar-refractivity contribution >= 4 is 21.8 Å². The van der Waals surface area contributed by atoms with E-state index in [0.717, 1.165) is 42.6 Å². The number of aliphatic hydroxyl groups is 1. The molecule has 0 bridgehead atoms. The third kappa shape index (κ3) is 3.81. The van der Waals surface area contributed by atoms with Gasteiger partial charge in [-0.05, 0) is 34.5 Å². The summed E-state index contributed by atoms with van der Waals surface area (Å²) in [5.41, 5.74) is 0.717. The standard InChI is InChI=1S/C15H21BrN2O2/c1-2-12(19)11-17-7-9-18(10-8-17)15(20)13-5-3-4-6-14(13)16/h3-6,12,19H,2,7-11H2,1H3/t12-/m0/s1. The van der Waals surface area contributed by atoms with Gasteiger partial charge in [-0.3, -0.25) is 9.69 Å². The SMILES string of the molecule is CC[C@H](O)CN1CCN(C(=O)c2ccccc2Br)CC1. The Morgan fingerprint density at radius 2 is 1.95 bits per heavy atom. The number of β-amino-alcohol motifs (C(OH)–C–C–N with tert-alkyl or cyclic N) is 1. The molecule has 1 amide bonds. The van der Waals surface area contributed by atoms with Gasteiger partial charge in [0, 0.05) is 37.2 Å². The van der Waals surface area contributed by atoms with Crippen molar-refractivity contribution in [2.45, 2.75) is 19.4 Å². The number of hydrogen-bond donors (Lipinski definition) is 1. The van der Waals surface area contributed by atoms with E-state index in [1.165, 1.54) is 0 Å². The van der Waals surface area contributed by atoms with Gasteiger partial charge in [-0.2, -0.15) is 0 Å². The molecule has 0 spiro atoms. The van der Waals surface area contributed by atoms with Gasteiger partial charge < -0.3 is 10.0 Å². The molecule has 1 aromatic carbocycles. The molecule has 1 aliphatic heterocycles. The first-order valence-corrected chi connectivity index (χ1v) is 7.85. The molecule has 1 saturated heterocycles. The van der Waals surface area contributed by atoms with Gasteiger partial charge in [-0.15, -0.1) is 0 Å². The minimum atomic E-state index is -0.263. The number of amides is 1. The maximum Gasteiger partial charge on any atom is 0.255 e.